The first-order valence-electron chi connectivity index (χ1n) is 11.2. The van der Waals surface area contributed by atoms with E-state index in [1.54, 1.807) is 0 Å². The molecule has 32 heavy (non-hydrogen) atoms. The Balaban J connectivity index is 1.36. The first-order valence-corrected chi connectivity index (χ1v) is 11.2. The van der Waals surface area contributed by atoms with Crippen molar-refractivity contribution in [2.75, 3.05) is 44.0 Å². The Morgan fingerprint density at radius 2 is 1.94 bits per heavy atom. The average Bonchev–Trinajstić information content (AvgIpc) is 2.82. The van der Waals surface area contributed by atoms with E-state index >= 15 is 0 Å². The Morgan fingerprint density at radius 3 is 2.62 bits per heavy atom. The minimum Gasteiger partial charge on any atom is -0.363 e. The summed E-state index contributed by atoms with van der Waals surface area (Å²) >= 11 is 0. The SMILES string of the molecule is CN=C(NCc1cc(N(C)C)nc2ccccc12)NC1CCN(c2ccc(C)cn2)CC1. The number of piperidine rings is 1. The van der Waals surface area contributed by atoms with E-state index in [-0.39, 0.29) is 0 Å². The Morgan fingerprint density at radius 1 is 1.16 bits per heavy atom. The second-order valence-electron chi connectivity index (χ2n) is 8.58. The van der Waals surface area contributed by atoms with Crippen LogP contribution in [0.4, 0.5) is 11.6 Å². The highest BCUT2D eigenvalue weighted by molar-refractivity contribution is 5.85. The highest BCUT2D eigenvalue weighted by Crippen LogP contribution is 2.22. The van der Waals surface area contributed by atoms with E-state index in [0.717, 1.165) is 49.0 Å². The van der Waals surface area contributed by atoms with E-state index < -0.39 is 0 Å². The molecule has 0 aliphatic carbocycles. The lowest BCUT2D eigenvalue weighted by Crippen LogP contribution is -2.48. The van der Waals surface area contributed by atoms with Crippen molar-refractivity contribution in [1.82, 2.24) is 20.6 Å². The van der Waals surface area contributed by atoms with Gasteiger partial charge in [0.1, 0.15) is 11.6 Å². The topological polar surface area (TPSA) is 68.7 Å². The van der Waals surface area contributed by atoms with Crippen LogP contribution >= 0.6 is 0 Å². The molecule has 1 aliphatic rings. The van der Waals surface area contributed by atoms with Gasteiger partial charge in [-0.25, -0.2) is 9.97 Å². The Labute approximate surface area is 190 Å². The van der Waals surface area contributed by atoms with Gasteiger partial charge in [0, 0.05) is 58.4 Å². The third-order valence-electron chi connectivity index (χ3n) is 5.97. The number of benzene rings is 1. The van der Waals surface area contributed by atoms with Gasteiger partial charge in [0.15, 0.2) is 5.96 Å². The zero-order valence-electron chi connectivity index (χ0n) is 19.5. The van der Waals surface area contributed by atoms with Crippen LogP contribution < -0.4 is 20.4 Å². The number of aromatic nitrogens is 2. The summed E-state index contributed by atoms with van der Waals surface area (Å²) in [5.41, 5.74) is 3.41. The predicted molar refractivity (Wildman–Crippen MR) is 134 cm³/mol. The van der Waals surface area contributed by atoms with Crippen LogP contribution in [0.3, 0.4) is 0 Å². The lowest BCUT2D eigenvalue weighted by atomic mass is 10.1. The summed E-state index contributed by atoms with van der Waals surface area (Å²) in [6.45, 7) is 4.75. The van der Waals surface area contributed by atoms with Gasteiger partial charge in [0.25, 0.3) is 0 Å². The molecule has 0 unspecified atom stereocenters. The summed E-state index contributed by atoms with van der Waals surface area (Å²) in [6.07, 6.45) is 4.05. The number of nitrogens with zero attached hydrogens (tertiary/aromatic N) is 5. The molecule has 4 rings (SSSR count). The molecule has 0 bridgehead atoms. The summed E-state index contributed by atoms with van der Waals surface area (Å²) in [5.74, 6) is 2.86. The molecule has 0 saturated carbocycles. The van der Waals surface area contributed by atoms with Crippen LogP contribution in [0.2, 0.25) is 0 Å². The van der Waals surface area contributed by atoms with Crippen molar-refractivity contribution >= 4 is 28.5 Å². The molecule has 168 valence electrons. The van der Waals surface area contributed by atoms with Gasteiger partial charge in [-0.3, -0.25) is 4.99 Å². The van der Waals surface area contributed by atoms with Gasteiger partial charge >= 0.3 is 0 Å². The smallest absolute Gasteiger partial charge is 0.191 e. The van der Waals surface area contributed by atoms with Crippen molar-refractivity contribution in [1.29, 1.82) is 0 Å². The van der Waals surface area contributed by atoms with Gasteiger partial charge in [-0.15, -0.1) is 0 Å². The number of anilines is 2. The number of nitrogens with one attached hydrogen (secondary N) is 2. The Hall–Kier alpha value is -3.35. The van der Waals surface area contributed by atoms with Crippen LogP contribution in [0.25, 0.3) is 10.9 Å². The largest absolute Gasteiger partial charge is 0.363 e. The number of para-hydroxylation sites is 1. The van der Waals surface area contributed by atoms with Gasteiger partial charge in [-0.05, 0) is 49.1 Å². The fraction of sp³-hybridized carbons (Fsp3) is 0.400. The lowest BCUT2D eigenvalue weighted by Gasteiger charge is -2.33. The molecule has 7 heteroatoms. The van der Waals surface area contributed by atoms with Crippen LogP contribution in [0.1, 0.15) is 24.0 Å². The third-order valence-corrected chi connectivity index (χ3v) is 5.97. The van der Waals surface area contributed by atoms with Gasteiger partial charge < -0.3 is 20.4 Å². The molecule has 0 amide bonds. The molecular weight excluding hydrogens is 398 g/mol. The maximum atomic E-state index is 4.76. The van der Waals surface area contributed by atoms with Crippen molar-refractivity contribution in [3.05, 3.63) is 59.8 Å². The highest BCUT2D eigenvalue weighted by Gasteiger charge is 2.21. The fourth-order valence-corrected chi connectivity index (χ4v) is 4.07. The molecule has 1 fully saturated rings. The van der Waals surface area contributed by atoms with Crippen molar-refractivity contribution in [2.45, 2.75) is 32.4 Å². The van der Waals surface area contributed by atoms with Gasteiger partial charge in [0.05, 0.1) is 5.52 Å². The zero-order chi connectivity index (χ0) is 22.5. The summed E-state index contributed by atoms with van der Waals surface area (Å²) in [7, 11) is 5.87. The van der Waals surface area contributed by atoms with E-state index in [4.69, 9.17) is 4.98 Å². The Kier molecular flexibility index (Phi) is 6.73. The quantitative estimate of drug-likeness (QED) is 0.477. The number of hydrogen-bond donors (Lipinski definition) is 2. The summed E-state index contributed by atoms with van der Waals surface area (Å²) < 4.78 is 0. The van der Waals surface area contributed by atoms with Crippen LogP contribution in [0, 0.1) is 6.92 Å². The van der Waals surface area contributed by atoms with Crippen LogP contribution in [-0.2, 0) is 6.54 Å². The molecule has 1 saturated heterocycles. The van der Waals surface area contributed by atoms with Crippen LogP contribution in [0.15, 0.2) is 53.7 Å². The van der Waals surface area contributed by atoms with Crippen molar-refractivity contribution < 1.29 is 0 Å². The second kappa shape index (κ2) is 9.85. The standard InChI is InChI=1S/C25H33N7/c1-18-9-10-23(27-16-18)32-13-11-20(12-14-32)29-25(26-2)28-17-19-15-24(31(3)4)30-22-8-6-5-7-21(19)22/h5-10,15-16,20H,11-14,17H2,1-4H3,(H2,26,28,29). The molecule has 0 radical (unpaired) electrons. The van der Waals surface area contributed by atoms with Gasteiger partial charge in [-0.1, -0.05) is 24.3 Å². The molecule has 0 atom stereocenters. The summed E-state index contributed by atoms with van der Waals surface area (Å²) in [4.78, 5) is 18.2. The third kappa shape index (κ3) is 5.10. The molecule has 3 heterocycles. The predicted octanol–water partition coefficient (Wildman–Crippen LogP) is 3.34. The zero-order valence-corrected chi connectivity index (χ0v) is 19.5. The first kappa shape index (κ1) is 21.9. The van der Waals surface area contributed by atoms with Gasteiger partial charge in [-0.2, -0.15) is 0 Å². The number of rotatable bonds is 5. The van der Waals surface area contributed by atoms with E-state index in [1.807, 2.05) is 38.3 Å². The van der Waals surface area contributed by atoms with Crippen molar-refractivity contribution in [3.8, 4) is 0 Å². The molecular formula is C25H33N7. The molecule has 2 aromatic heterocycles. The maximum absolute atomic E-state index is 4.76. The Bertz CT molecular complexity index is 1070. The normalized spacial score (nSPS) is 15.1. The molecule has 0 spiro atoms. The monoisotopic (exact) mass is 431 g/mol. The van der Waals surface area contributed by atoms with Crippen molar-refractivity contribution in [2.24, 2.45) is 4.99 Å². The molecule has 2 N–H and O–H groups in total. The summed E-state index contributed by atoms with van der Waals surface area (Å²) in [5, 5.41) is 8.28. The van der Waals surface area contributed by atoms with E-state index in [9.17, 15) is 0 Å². The maximum Gasteiger partial charge on any atom is 0.191 e. The second-order valence-corrected chi connectivity index (χ2v) is 8.58. The molecule has 1 aromatic carbocycles. The van der Waals surface area contributed by atoms with E-state index in [1.165, 1.54) is 16.5 Å². The lowest BCUT2D eigenvalue weighted by molar-refractivity contribution is 0.459. The van der Waals surface area contributed by atoms with E-state index in [0.29, 0.717) is 12.6 Å². The summed E-state index contributed by atoms with van der Waals surface area (Å²) in [6, 6.07) is 15.1. The number of fused-ring (bicyclic) bond motifs is 1. The first-order chi connectivity index (χ1) is 15.5. The van der Waals surface area contributed by atoms with Gasteiger partial charge in [0.2, 0.25) is 0 Å². The van der Waals surface area contributed by atoms with E-state index in [2.05, 4.69) is 68.8 Å². The fourth-order valence-electron chi connectivity index (χ4n) is 4.07. The number of hydrogen-bond acceptors (Lipinski definition) is 5. The number of pyridine rings is 2. The molecule has 3 aromatic rings. The minimum atomic E-state index is 0.398. The molecule has 1 aliphatic heterocycles. The number of guanidine groups is 1. The van der Waals surface area contributed by atoms with Crippen molar-refractivity contribution in [3.63, 3.8) is 0 Å². The highest BCUT2D eigenvalue weighted by atomic mass is 15.2. The van der Waals surface area contributed by atoms with Crippen LogP contribution in [-0.4, -0.2) is 56.2 Å². The minimum absolute atomic E-state index is 0.398. The molecule has 7 nitrogen and oxygen atoms in total. The van der Waals surface area contributed by atoms with Crippen LogP contribution in [0.5, 0.6) is 0 Å². The number of aliphatic imine (C=N–C) groups is 1. The number of aryl methyl sites for hydroxylation is 1. The average molecular weight is 432 g/mol.